The smallest absolute Gasteiger partial charge is 0.302 e. The molecule has 0 N–H and O–H groups in total. The number of nitriles is 1. The van der Waals surface area contributed by atoms with Gasteiger partial charge in [0.2, 0.25) is 0 Å². The van der Waals surface area contributed by atoms with Crippen LogP contribution < -0.4 is 9.80 Å². The van der Waals surface area contributed by atoms with E-state index >= 15 is 4.39 Å². The minimum Gasteiger partial charge on any atom is -0.302 e. The number of thiazole rings is 1. The summed E-state index contributed by atoms with van der Waals surface area (Å²) in [5.41, 5.74) is -3.36. The third-order valence-corrected chi connectivity index (χ3v) is 7.01. The van der Waals surface area contributed by atoms with Crippen LogP contribution in [0.4, 0.5) is 28.9 Å². The first kappa shape index (κ1) is 30.1. The van der Waals surface area contributed by atoms with Crippen molar-refractivity contribution in [3.8, 4) is 6.07 Å². The number of hydrogen-bond acceptors (Lipinski definition) is 6. The average molecular weight is 578 g/mol. The molecule has 1 saturated heterocycles. The van der Waals surface area contributed by atoms with Gasteiger partial charge in [0.1, 0.15) is 11.1 Å². The molecule has 0 bridgehead atoms. The van der Waals surface area contributed by atoms with E-state index in [1.807, 2.05) is 5.38 Å². The molecule has 1 aliphatic rings. The maximum atomic E-state index is 15.1. The fourth-order valence-electron chi connectivity index (χ4n) is 4.04. The standard InChI is InChI=1S/C24H19F4N5OS2.C3H8/c1-23(2)21(34)32(17-9-6-14(12-29)19(20(17)25)24(26,27)28)22(35)33(23)16-8-7-15(31-13-16)4-3-5-18-30-10-11-36-18;1-3-2/h6-11,13H,3-5H2,1-2H3;3H2,1-2H3. The fraction of sp³-hybridized carbons (Fsp3) is 0.370. The lowest BCUT2D eigenvalue weighted by molar-refractivity contribution is -0.140. The number of aromatic nitrogens is 2. The topological polar surface area (TPSA) is 73.1 Å². The highest BCUT2D eigenvalue weighted by atomic mass is 32.1. The maximum Gasteiger partial charge on any atom is 0.420 e. The second-order valence-electron chi connectivity index (χ2n) is 9.24. The zero-order valence-electron chi connectivity index (χ0n) is 21.8. The number of halogens is 4. The lowest BCUT2D eigenvalue weighted by Gasteiger charge is -2.29. The molecule has 1 aromatic carbocycles. The van der Waals surface area contributed by atoms with Gasteiger partial charge in [0, 0.05) is 17.3 Å². The minimum atomic E-state index is -5.13. The van der Waals surface area contributed by atoms with Gasteiger partial charge in [-0.1, -0.05) is 20.3 Å². The Balaban J connectivity index is 0.00000134. The summed E-state index contributed by atoms with van der Waals surface area (Å²) in [6, 6.07) is 6.63. The molecule has 6 nitrogen and oxygen atoms in total. The van der Waals surface area contributed by atoms with E-state index in [0.717, 1.165) is 40.6 Å². The molecule has 12 heteroatoms. The molecule has 3 heterocycles. The number of pyridine rings is 1. The van der Waals surface area contributed by atoms with Gasteiger partial charge >= 0.3 is 6.18 Å². The van der Waals surface area contributed by atoms with E-state index in [9.17, 15) is 18.0 Å². The Labute approximate surface area is 233 Å². The van der Waals surface area contributed by atoms with E-state index in [-0.39, 0.29) is 5.11 Å². The van der Waals surface area contributed by atoms with Gasteiger partial charge in [0.25, 0.3) is 5.91 Å². The molecule has 0 atom stereocenters. The zero-order valence-corrected chi connectivity index (χ0v) is 23.5. The molecule has 1 amide bonds. The summed E-state index contributed by atoms with van der Waals surface area (Å²) >= 11 is 7.03. The van der Waals surface area contributed by atoms with Gasteiger partial charge in [0.15, 0.2) is 10.9 Å². The number of alkyl halides is 3. The summed E-state index contributed by atoms with van der Waals surface area (Å²) in [5, 5.41) is 11.8. The number of nitrogens with zero attached hydrogens (tertiary/aromatic N) is 5. The van der Waals surface area contributed by atoms with Crippen molar-refractivity contribution in [1.29, 1.82) is 5.26 Å². The average Bonchev–Trinajstić information content (AvgIpc) is 3.44. The summed E-state index contributed by atoms with van der Waals surface area (Å²) < 4.78 is 55.6. The van der Waals surface area contributed by atoms with Crippen molar-refractivity contribution in [2.45, 2.75) is 65.1 Å². The van der Waals surface area contributed by atoms with Gasteiger partial charge in [-0.15, -0.1) is 11.3 Å². The number of carbonyl (C=O) groups is 1. The largest absolute Gasteiger partial charge is 0.420 e. The molecule has 1 aliphatic heterocycles. The molecule has 4 rings (SSSR count). The van der Waals surface area contributed by atoms with Crippen molar-refractivity contribution in [3.63, 3.8) is 0 Å². The molecule has 0 saturated carbocycles. The highest BCUT2D eigenvalue weighted by Crippen LogP contribution is 2.41. The Morgan fingerprint density at radius 3 is 2.36 bits per heavy atom. The van der Waals surface area contributed by atoms with Crippen molar-refractivity contribution < 1.29 is 22.4 Å². The van der Waals surface area contributed by atoms with Crippen LogP contribution in [0.5, 0.6) is 0 Å². The van der Waals surface area contributed by atoms with Crippen molar-refractivity contribution in [3.05, 3.63) is 69.7 Å². The van der Waals surface area contributed by atoms with Crippen molar-refractivity contribution in [2.75, 3.05) is 9.80 Å². The second kappa shape index (κ2) is 12.2. The van der Waals surface area contributed by atoms with Crippen molar-refractivity contribution in [1.82, 2.24) is 9.97 Å². The number of thiocarbonyl (C=S) groups is 1. The van der Waals surface area contributed by atoms with Crippen LogP contribution in [-0.4, -0.2) is 26.5 Å². The van der Waals surface area contributed by atoms with Gasteiger partial charge < -0.3 is 4.90 Å². The zero-order chi connectivity index (χ0) is 29.0. The highest BCUT2D eigenvalue weighted by molar-refractivity contribution is 7.81. The Kier molecular flexibility index (Phi) is 9.40. The quantitative estimate of drug-likeness (QED) is 0.230. The molecule has 206 valence electrons. The van der Waals surface area contributed by atoms with E-state index in [1.165, 1.54) is 37.4 Å². The van der Waals surface area contributed by atoms with Crippen molar-refractivity contribution in [2.24, 2.45) is 0 Å². The minimum absolute atomic E-state index is 0.194. The fourth-order valence-corrected chi connectivity index (χ4v) is 5.22. The number of benzene rings is 1. The molecule has 39 heavy (non-hydrogen) atoms. The third-order valence-electron chi connectivity index (χ3n) is 5.81. The highest BCUT2D eigenvalue weighted by Gasteiger charge is 2.52. The molecule has 0 unspecified atom stereocenters. The van der Waals surface area contributed by atoms with Crippen LogP contribution in [0.25, 0.3) is 0 Å². The number of hydrogen-bond donors (Lipinski definition) is 0. The van der Waals surface area contributed by atoms with Crippen LogP contribution in [0.2, 0.25) is 0 Å². The van der Waals surface area contributed by atoms with Gasteiger partial charge in [-0.3, -0.25) is 14.7 Å². The summed E-state index contributed by atoms with van der Waals surface area (Å²) in [5.74, 6) is -2.44. The number of rotatable bonds is 6. The first-order valence-corrected chi connectivity index (χ1v) is 13.5. The first-order chi connectivity index (χ1) is 18.4. The molecule has 0 radical (unpaired) electrons. The maximum absolute atomic E-state index is 15.1. The van der Waals surface area contributed by atoms with Gasteiger partial charge in [-0.2, -0.15) is 18.4 Å². The molecule has 0 aliphatic carbocycles. The SMILES string of the molecule is CC1(C)C(=O)N(c2ccc(C#N)c(C(F)(F)F)c2F)C(=S)N1c1ccc(CCCc2nccs2)nc1.CCC. The summed E-state index contributed by atoms with van der Waals surface area (Å²) in [7, 11) is 0. The molecule has 2 aromatic heterocycles. The summed E-state index contributed by atoms with van der Waals surface area (Å²) in [4.78, 5) is 24.1. The van der Waals surface area contributed by atoms with E-state index < -0.39 is 40.3 Å². The van der Waals surface area contributed by atoms with Crippen LogP contribution >= 0.6 is 23.6 Å². The van der Waals surface area contributed by atoms with Gasteiger partial charge in [0.05, 0.1) is 34.2 Å². The first-order valence-electron chi connectivity index (χ1n) is 12.2. The molecule has 1 fully saturated rings. The normalized spacial score (nSPS) is 14.7. The Morgan fingerprint density at radius 1 is 1.13 bits per heavy atom. The lowest BCUT2D eigenvalue weighted by Crippen LogP contribution is -2.44. The van der Waals surface area contributed by atoms with E-state index in [1.54, 1.807) is 29.7 Å². The molecular formula is C27H27F4N5OS2. The number of anilines is 2. The van der Waals surface area contributed by atoms with E-state index in [2.05, 4.69) is 23.8 Å². The number of amides is 1. The van der Waals surface area contributed by atoms with Crippen LogP contribution in [-0.2, 0) is 23.8 Å². The van der Waals surface area contributed by atoms with Crippen LogP contribution in [0.3, 0.4) is 0 Å². The Bertz CT molecular complexity index is 1370. The third kappa shape index (κ3) is 6.25. The lowest BCUT2D eigenvalue weighted by atomic mass is 10.0. The molecular weight excluding hydrogens is 550 g/mol. The summed E-state index contributed by atoms with van der Waals surface area (Å²) in [6.45, 7) is 7.32. The van der Waals surface area contributed by atoms with E-state index in [4.69, 9.17) is 17.5 Å². The molecule has 0 spiro atoms. The summed E-state index contributed by atoms with van der Waals surface area (Å²) in [6.07, 6.45) is 1.77. The van der Waals surface area contributed by atoms with Crippen molar-refractivity contribution >= 4 is 45.9 Å². The Hall–Kier alpha value is -3.43. The predicted octanol–water partition coefficient (Wildman–Crippen LogP) is 7.08. The van der Waals surface area contributed by atoms with E-state index in [0.29, 0.717) is 12.1 Å². The second-order valence-corrected chi connectivity index (χ2v) is 10.6. The molecule has 3 aromatic rings. The van der Waals surface area contributed by atoms with Crippen LogP contribution in [0.1, 0.15) is 62.4 Å². The van der Waals surface area contributed by atoms with Crippen LogP contribution in [0, 0.1) is 17.1 Å². The number of carbonyl (C=O) groups excluding carboxylic acids is 1. The Morgan fingerprint density at radius 2 is 1.82 bits per heavy atom. The van der Waals surface area contributed by atoms with Gasteiger partial charge in [-0.05, 0) is 69.6 Å². The van der Waals surface area contributed by atoms with Crippen LogP contribution in [0.15, 0.2) is 42.0 Å². The predicted molar refractivity (Wildman–Crippen MR) is 147 cm³/mol. The monoisotopic (exact) mass is 577 g/mol. The number of aryl methyl sites for hydroxylation is 2. The van der Waals surface area contributed by atoms with Gasteiger partial charge in [-0.25, -0.2) is 9.37 Å².